The average Bonchev–Trinajstić information content (AvgIpc) is 2.89. The van der Waals surface area contributed by atoms with Gasteiger partial charge < -0.3 is 5.11 Å². The molecular weight excluding hydrogens is 398 g/mol. The van der Waals surface area contributed by atoms with Crippen LogP contribution in [-0.4, -0.2) is 20.9 Å². The minimum atomic E-state index is -1.87. The van der Waals surface area contributed by atoms with Gasteiger partial charge in [0.15, 0.2) is 11.1 Å². The highest BCUT2D eigenvalue weighted by atomic mass is 16.3. The quantitative estimate of drug-likeness (QED) is 0.581. The van der Waals surface area contributed by atoms with E-state index in [0.29, 0.717) is 16.8 Å². The number of rotatable bonds is 1. The van der Waals surface area contributed by atoms with E-state index in [2.05, 4.69) is 11.1 Å². The summed E-state index contributed by atoms with van der Waals surface area (Å²) in [6.45, 7) is 3.76. The van der Waals surface area contributed by atoms with E-state index in [-0.39, 0.29) is 18.2 Å². The molecule has 0 radical (unpaired) electrons. The van der Waals surface area contributed by atoms with Crippen molar-refractivity contribution in [1.82, 2.24) is 9.88 Å². The lowest BCUT2D eigenvalue weighted by atomic mass is 9.64. The first-order chi connectivity index (χ1) is 15.5. The van der Waals surface area contributed by atoms with Crippen LogP contribution in [0.5, 0.6) is 0 Å². The number of carbonyl (C=O) groups is 1. The molecule has 5 nitrogen and oxygen atoms in total. The van der Waals surface area contributed by atoms with E-state index in [1.807, 2.05) is 80.6 Å². The first-order valence-corrected chi connectivity index (χ1v) is 10.7. The van der Waals surface area contributed by atoms with Crippen molar-refractivity contribution in [1.29, 1.82) is 5.26 Å². The number of fused-ring (bicyclic) bond motifs is 4. The highest BCUT2D eigenvalue weighted by Gasteiger charge is 2.64. The summed E-state index contributed by atoms with van der Waals surface area (Å²) in [6, 6.07) is 19.4. The van der Waals surface area contributed by atoms with Crippen molar-refractivity contribution in [2.75, 3.05) is 0 Å². The largest absolute Gasteiger partial charge is 0.375 e. The lowest BCUT2D eigenvalue weighted by molar-refractivity contribution is -0.139. The third-order valence-electron chi connectivity index (χ3n) is 6.83. The predicted molar refractivity (Wildman–Crippen MR) is 123 cm³/mol. The van der Waals surface area contributed by atoms with Crippen molar-refractivity contribution < 1.29 is 9.90 Å². The SMILES string of the molecule is C/C=C1\C(C)CC(=O)N2C=Cc3ccccc3C2(C#N)C1(O)c1nccc2ccccc12. The second kappa shape index (κ2) is 7.15. The molecule has 3 heterocycles. The van der Waals surface area contributed by atoms with Crippen LogP contribution in [0.3, 0.4) is 0 Å². The van der Waals surface area contributed by atoms with Gasteiger partial charge in [-0.1, -0.05) is 61.5 Å². The minimum absolute atomic E-state index is 0.183. The molecule has 5 rings (SSSR count). The Labute approximate surface area is 186 Å². The lowest BCUT2D eigenvalue weighted by Gasteiger charge is -2.49. The lowest BCUT2D eigenvalue weighted by Crippen LogP contribution is -2.60. The van der Waals surface area contributed by atoms with Crippen LogP contribution in [0.4, 0.5) is 0 Å². The van der Waals surface area contributed by atoms with Gasteiger partial charge in [0.1, 0.15) is 6.07 Å². The van der Waals surface area contributed by atoms with Crippen molar-refractivity contribution in [3.05, 3.63) is 95.5 Å². The highest BCUT2D eigenvalue weighted by molar-refractivity contribution is 5.89. The highest BCUT2D eigenvalue weighted by Crippen LogP contribution is 2.56. The molecule has 3 atom stereocenters. The Hall–Kier alpha value is -3.75. The van der Waals surface area contributed by atoms with Gasteiger partial charge in [0.25, 0.3) is 0 Å². The fourth-order valence-corrected chi connectivity index (χ4v) is 5.45. The molecule has 1 saturated heterocycles. The molecule has 3 unspecified atom stereocenters. The Morgan fingerprint density at radius 2 is 1.94 bits per heavy atom. The second-order valence-corrected chi connectivity index (χ2v) is 8.43. The van der Waals surface area contributed by atoms with Crippen molar-refractivity contribution in [3.8, 4) is 6.07 Å². The summed E-state index contributed by atoms with van der Waals surface area (Å²) in [6.07, 6.45) is 7.13. The zero-order chi connectivity index (χ0) is 22.5. The Kier molecular flexibility index (Phi) is 4.51. The predicted octanol–water partition coefficient (Wildman–Crippen LogP) is 4.64. The molecule has 1 amide bonds. The Balaban J connectivity index is 1.99. The van der Waals surface area contributed by atoms with Gasteiger partial charge in [0.05, 0.1) is 5.69 Å². The summed E-state index contributed by atoms with van der Waals surface area (Å²) in [7, 11) is 0. The van der Waals surface area contributed by atoms with Gasteiger partial charge in [-0.25, -0.2) is 0 Å². The van der Waals surface area contributed by atoms with Crippen molar-refractivity contribution >= 4 is 22.8 Å². The molecule has 2 aliphatic heterocycles. The Morgan fingerprint density at radius 3 is 2.72 bits per heavy atom. The van der Waals surface area contributed by atoms with Gasteiger partial charge in [-0.15, -0.1) is 0 Å². The molecular formula is C27H23N3O2. The molecule has 0 aliphatic carbocycles. The zero-order valence-electron chi connectivity index (χ0n) is 18.0. The molecule has 3 aromatic rings. The van der Waals surface area contributed by atoms with Crippen LogP contribution in [-0.2, 0) is 15.9 Å². The first kappa shape index (κ1) is 20.2. The maximum absolute atomic E-state index is 13.4. The van der Waals surface area contributed by atoms with Crippen LogP contribution in [0.2, 0.25) is 0 Å². The first-order valence-electron chi connectivity index (χ1n) is 10.7. The van der Waals surface area contributed by atoms with E-state index in [1.54, 1.807) is 12.4 Å². The smallest absolute Gasteiger partial charge is 0.228 e. The van der Waals surface area contributed by atoms with Gasteiger partial charge in [0, 0.05) is 29.8 Å². The molecule has 2 aliphatic rings. The minimum Gasteiger partial charge on any atom is -0.375 e. The molecule has 0 spiro atoms. The van der Waals surface area contributed by atoms with E-state index in [1.165, 1.54) is 4.90 Å². The number of nitriles is 1. The van der Waals surface area contributed by atoms with Crippen LogP contribution < -0.4 is 0 Å². The second-order valence-electron chi connectivity index (χ2n) is 8.43. The van der Waals surface area contributed by atoms with Crippen LogP contribution in [0.15, 0.2) is 78.6 Å². The molecule has 158 valence electrons. The summed E-state index contributed by atoms with van der Waals surface area (Å²) in [5, 5.41) is 25.4. The number of nitrogens with zero attached hydrogens (tertiary/aromatic N) is 3. The van der Waals surface area contributed by atoms with E-state index in [4.69, 9.17) is 0 Å². The maximum atomic E-state index is 13.4. The fourth-order valence-electron chi connectivity index (χ4n) is 5.45. The van der Waals surface area contributed by atoms with Crippen LogP contribution in [0, 0.1) is 17.2 Å². The van der Waals surface area contributed by atoms with Crippen LogP contribution in [0.25, 0.3) is 16.8 Å². The van der Waals surface area contributed by atoms with Gasteiger partial charge in [0.2, 0.25) is 5.91 Å². The van der Waals surface area contributed by atoms with Crippen LogP contribution in [0.1, 0.15) is 37.1 Å². The molecule has 5 heteroatoms. The molecule has 0 saturated carbocycles. The van der Waals surface area contributed by atoms with Gasteiger partial charge in [-0.3, -0.25) is 14.7 Å². The van der Waals surface area contributed by atoms with Gasteiger partial charge in [-0.05, 0) is 41.5 Å². The van der Waals surface area contributed by atoms with Gasteiger partial charge >= 0.3 is 0 Å². The normalized spacial score (nSPS) is 28.2. The molecule has 1 N–H and O–H groups in total. The van der Waals surface area contributed by atoms with E-state index in [9.17, 15) is 15.2 Å². The van der Waals surface area contributed by atoms with Gasteiger partial charge in [-0.2, -0.15) is 5.26 Å². The van der Waals surface area contributed by atoms with Crippen molar-refractivity contribution in [2.45, 2.75) is 31.4 Å². The molecule has 0 bridgehead atoms. The number of hydrogen-bond acceptors (Lipinski definition) is 4. The van der Waals surface area contributed by atoms with E-state index >= 15 is 0 Å². The number of hydrogen-bond donors (Lipinski definition) is 1. The standard InChI is InChI=1S/C27H23N3O2/c1-3-22-18(2)16-24(31)30-15-13-20-9-5-7-11-23(20)26(30,17-28)27(22,32)25-21-10-6-4-8-19(21)12-14-29-25/h3-15,18,32H,16H2,1-2H3/b22-3+. The summed E-state index contributed by atoms with van der Waals surface area (Å²) >= 11 is 0. The summed E-state index contributed by atoms with van der Waals surface area (Å²) in [5.41, 5.74) is -1.21. The molecule has 1 aromatic heterocycles. The van der Waals surface area contributed by atoms with Crippen molar-refractivity contribution in [3.63, 3.8) is 0 Å². The number of aliphatic hydroxyl groups is 1. The van der Waals surface area contributed by atoms with Crippen LogP contribution >= 0.6 is 0 Å². The zero-order valence-corrected chi connectivity index (χ0v) is 18.0. The van der Waals surface area contributed by atoms with E-state index in [0.717, 1.165) is 16.3 Å². The monoisotopic (exact) mass is 421 g/mol. The summed E-state index contributed by atoms with van der Waals surface area (Å²) < 4.78 is 0. The number of pyridine rings is 1. The summed E-state index contributed by atoms with van der Waals surface area (Å²) in [5.74, 6) is -0.491. The molecule has 1 fully saturated rings. The van der Waals surface area contributed by atoms with Crippen molar-refractivity contribution in [2.24, 2.45) is 5.92 Å². The molecule has 32 heavy (non-hydrogen) atoms. The number of allylic oxidation sites excluding steroid dienone is 1. The third-order valence-corrected chi connectivity index (χ3v) is 6.83. The van der Waals surface area contributed by atoms with E-state index < -0.39 is 11.1 Å². The number of amides is 1. The number of carbonyl (C=O) groups excluding carboxylic acids is 1. The summed E-state index contributed by atoms with van der Waals surface area (Å²) in [4.78, 5) is 19.5. The Morgan fingerprint density at radius 1 is 1.19 bits per heavy atom. The molecule has 2 aromatic carbocycles. The third kappa shape index (κ3) is 2.41. The Bertz CT molecular complexity index is 1350. The topological polar surface area (TPSA) is 77.2 Å². The number of benzene rings is 2. The average molecular weight is 422 g/mol. The fraction of sp³-hybridized carbons (Fsp3) is 0.222. The maximum Gasteiger partial charge on any atom is 0.228 e. The number of aromatic nitrogens is 1.